The van der Waals surface area contributed by atoms with Crippen LogP contribution in [-0.2, 0) is 10.2 Å². The average Bonchev–Trinajstić information content (AvgIpc) is 2.22. The summed E-state index contributed by atoms with van der Waals surface area (Å²) in [5.74, 6) is 0. The van der Waals surface area contributed by atoms with Gasteiger partial charge in [0.05, 0.1) is 6.10 Å². The molecule has 0 spiro atoms. The van der Waals surface area contributed by atoms with Crippen LogP contribution in [0.4, 0.5) is 5.69 Å². The van der Waals surface area contributed by atoms with Crippen LogP contribution in [-0.4, -0.2) is 19.3 Å². The molecule has 0 heterocycles. The largest absolute Gasteiger partial charge is 0.382 e. The smallest absolute Gasteiger partial charge is 0.0610 e. The molecule has 1 aromatic rings. The van der Waals surface area contributed by atoms with Crippen LogP contribution < -0.4 is 5.32 Å². The highest BCUT2D eigenvalue weighted by Crippen LogP contribution is 2.28. The normalized spacial score (nSPS) is 24.2. The fourth-order valence-corrected chi connectivity index (χ4v) is 2.18. The Labute approximate surface area is 104 Å². The molecule has 0 aliphatic heterocycles. The first-order valence-electron chi connectivity index (χ1n) is 6.39. The molecule has 0 saturated heterocycles. The van der Waals surface area contributed by atoms with Gasteiger partial charge in [0.1, 0.15) is 0 Å². The predicted molar refractivity (Wildman–Crippen MR) is 72.6 cm³/mol. The van der Waals surface area contributed by atoms with Crippen molar-refractivity contribution in [3.8, 4) is 0 Å². The molecule has 2 rings (SSSR count). The molecule has 0 bridgehead atoms. The zero-order valence-electron chi connectivity index (χ0n) is 11.3. The van der Waals surface area contributed by atoms with Crippen molar-refractivity contribution in [2.45, 2.75) is 51.2 Å². The molecule has 0 atom stereocenters. The third kappa shape index (κ3) is 3.01. The Balaban J connectivity index is 1.91. The molecule has 0 radical (unpaired) electrons. The van der Waals surface area contributed by atoms with Crippen molar-refractivity contribution >= 4 is 5.69 Å². The molecule has 0 amide bonds. The molecule has 1 saturated carbocycles. The van der Waals surface area contributed by atoms with E-state index in [-0.39, 0.29) is 5.41 Å². The van der Waals surface area contributed by atoms with E-state index in [0.717, 1.165) is 12.8 Å². The maximum absolute atomic E-state index is 5.28. The Hall–Kier alpha value is -1.02. The molecule has 17 heavy (non-hydrogen) atoms. The molecule has 0 aromatic heterocycles. The van der Waals surface area contributed by atoms with Crippen LogP contribution in [0.1, 0.15) is 39.2 Å². The van der Waals surface area contributed by atoms with Gasteiger partial charge in [0, 0.05) is 18.8 Å². The molecule has 2 heteroatoms. The summed E-state index contributed by atoms with van der Waals surface area (Å²) in [6, 6.07) is 9.38. The first-order valence-corrected chi connectivity index (χ1v) is 6.39. The minimum atomic E-state index is 0.232. The summed E-state index contributed by atoms with van der Waals surface area (Å²) in [6.45, 7) is 6.72. The first-order chi connectivity index (χ1) is 7.99. The van der Waals surface area contributed by atoms with E-state index in [0.29, 0.717) is 12.1 Å². The zero-order chi connectivity index (χ0) is 12.5. The van der Waals surface area contributed by atoms with Gasteiger partial charge in [-0.3, -0.25) is 0 Å². The Bertz CT molecular complexity index is 358. The maximum atomic E-state index is 5.28. The fourth-order valence-electron chi connectivity index (χ4n) is 2.18. The van der Waals surface area contributed by atoms with E-state index in [1.807, 2.05) is 0 Å². The van der Waals surface area contributed by atoms with Crippen molar-refractivity contribution in [2.75, 3.05) is 12.4 Å². The summed E-state index contributed by atoms with van der Waals surface area (Å²) >= 11 is 0. The molecular weight excluding hydrogens is 210 g/mol. The van der Waals surface area contributed by atoms with Gasteiger partial charge in [0.2, 0.25) is 0 Å². The summed E-state index contributed by atoms with van der Waals surface area (Å²) in [5.41, 5.74) is 2.83. The quantitative estimate of drug-likeness (QED) is 0.861. The zero-order valence-corrected chi connectivity index (χ0v) is 11.3. The number of nitrogens with one attached hydrogen (secondary N) is 1. The van der Waals surface area contributed by atoms with E-state index in [2.05, 4.69) is 50.4 Å². The third-order valence-corrected chi connectivity index (χ3v) is 3.55. The van der Waals surface area contributed by atoms with Crippen molar-refractivity contribution in [1.82, 2.24) is 0 Å². The van der Waals surface area contributed by atoms with Crippen LogP contribution in [0.5, 0.6) is 0 Å². The molecule has 0 unspecified atom stereocenters. The van der Waals surface area contributed by atoms with E-state index in [4.69, 9.17) is 4.74 Å². The van der Waals surface area contributed by atoms with Crippen molar-refractivity contribution in [3.05, 3.63) is 29.8 Å². The van der Waals surface area contributed by atoms with Gasteiger partial charge in [-0.05, 0) is 36.0 Å². The Morgan fingerprint density at radius 2 is 1.71 bits per heavy atom. The second-order valence-electron chi connectivity index (χ2n) is 6.00. The highest BCUT2D eigenvalue weighted by atomic mass is 16.5. The SMILES string of the molecule is COC1CC(Nc2ccc(C(C)(C)C)cc2)C1. The molecular formula is C15H23NO. The van der Waals surface area contributed by atoms with Crippen LogP contribution >= 0.6 is 0 Å². The lowest BCUT2D eigenvalue weighted by Gasteiger charge is -2.35. The third-order valence-electron chi connectivity index (χ3n) is 3.55. The number of rotatable bonds is 3. The predicted octanol–water partition coefficient (Wildman–Crippen LogP) is 3.57. The molecule has 1 aliphatic rings. The summed E-state index contributed by atoms with van der Waals surface area (Å²) in [4.78, 5) is 0. The summed E-state index contributed by atoms with van der Waals surface area (Å²) in [6.07, 6.45) is 2.70. The van der Waals surface area contributed by atoms with Crippen LogP contribution in [0.2, 0.25) is 0 Å². The van der Waals surface area contributed by atoms with E-state index >= 15 is 0 Å². The van der Waals surface area contributed by atoms with Gasteiger partial charge in [0.25, 0.3) is 0 Å². The van der Waals surface area contributed by atoms with Gasteiger partial charge in [-0.2, -0.15) is 0 Å². The molecule has 2 nitrogen and oxygen atoms in total. The van der Waals surface area contributed by atoms with Gasteiger partial charge < -0.3 is 10.1 Å². The molecule has 1 N–H and O–H groups in total. The number of anilines is 1. The maximum Gasteiger partial charge on any atom is 0.0610 e. The highest BCUT2D eigenvalue weighted by molar-refractivity contribution is 5.47. The highest BCUT2D eigenvalue weighted by Gasteiger charge is 2.28. The second-order valence-corrected chi connectivity index (χ2v) is 6.00. The van der Waals surface area contributed by atoms with E-state index in [1.54, 1.807) is 7.11 Å². The van der Waals surface area contributed by atoms with Gasteiger partial charge in [-0.25, -0.2) is 0 Å². The minimum Gasteiger partial charge on any atom is -0.382 e. The topological polar surface area (TPSA) is 21.3 Å². The summed E-state index contributed by atoms with van der Waals surface area (Å²) in [5, 5.41) is 3.54. The first kappa shape index (κ1) is 12.4. The molecule has 1 aromatic carbocycles. The van der Waals surface area contributed by atoms with E-state index < -0.39 is 0 Å². The van der Waals surface area contributed by atoms with Crippen molar-refractivity contribution < 1.29 is 4.74 Å². The van der Waals surface area contributed by atoms with Crippen molar-refractivity contribution in [2.24, 2.45) is 0 Å². The number of benzene rings is 1. The summed E-state index contributed by atoms with van der Waals surface area (Å²) < 4.78 is 5.28. The minimum absolute atomic E-state index is 0.232. The molecule has 1 aliphatic carbocycles. The number of hydrogen-bond donors (Lipinski definition) is 1. The van der Waals surface area contributed by atoms with Gasteiger partial charge in [-0.15, -0.1) is 0 Å². The number of methoxy groups -OCH3 is 1. The lowest BCUT2D eigenvalue weighted by molar-refractivity contribution is 0.0329. The van der Waals surface area contributed by atoms with Crippen LogP contribution in [0.15, 0.2) is 24.3 Å². The van der Waals surface area contributed by atoms with Crippen LogP contribution in [0.3, 0.4) is 0 Å². The fraction of sp³-hybridized carbons (Fsp3) is 0.600. The van der Waals surface area contributed by atoms with Crippen molar-refractivity contribution in [1.29, 1.82) is 0 Å². The van der Waals surface area contributed by atoms with Gasteiger partial charge in [0.15, 0.2) is 0 Å². The average molecular weight is 233 g/mol. The number of hydrogen-bond acceptors (Lipinski definition) is 2. The standard InChI is InChI=1S/C15H23NO/c1-15(2,3)11-5-7-12(8-6-11)16-13-9-14(10-13)17-4/h5-8,13-14,16H,9-10H2,1-4H3. The van der Waals surface area contributed by atoms with Crippen LogP contribution in [0.25, 0.3) is 0 Å². The molecule has 94 valence electrons. The Kier molecular flexibility index (Phi) is 3.43. The van der Waals surface area contributed by atoms with Crippen molar-refractivity contribution in [3.63, 3.8) is 0 Å². The van der Waals surface area contributed by atoms with E-state index in [1.165, 1.54) is 11.3 Å². The van der Waals surface area contributed by atoms with Gasteiger partial charge in [-0.1, -0.05) is 32.9 Å². The number of ether oxygens (including phenoxy) is 1. The second kappa shape index (κ2) is 4.69. The molecule has 1 fully saturated rings. The summed E-state index contributed by atoms with van der Waals surface area (Å²) in [7, 11) is 1.79. The van der Waals surface area contributed by atoms with Gasteiger partial charge >= 0.3 is 0 Å². The van der Waals surface area contributed by atoms with E-state index in [9.17, 15) is 0 Å². The Morgan fingerprint density at radius 3 is 2.18 bits per heavy atom. The lowest BCUT2D eigenvalue weighted by atomic mass is 9.86. The lowest BCUT2D eigenvalue weighted by Crippen LogP contribution is -2.40. The monoisotopic (exact) mass is 233 g/mol. The van der Waals surface area contributed by atoms with Crippen LogP contribution in [0, 0.1) is 0 Å². The Morgan fingerprint density at radius 1 is 1.12 bits per heavy atom.